The van der Waals surface area contributed by atoms with E-state index in [9.17, 15) is 18.8 Å². The van der Waals surface area contributed by atoms with Crippen LogP contribution in [0.5, 0.6) is 0 Å². The van der Waals surface area contributed by atoms with Gasteiger partial charge in [0.15, 0.2) is 14.1 Å². The van der Waals surface area contributed by atoms with Crippen molar-refractivity contribution in [2.75, 3.05) is 13.7 Å². The van der Waals surface area contributed by atoms with Crippen molar-refractivity contribution in [2.45, 2.75) is 90.7 Å². The van der Waals surface area contributed by atoms with E-state index in [2.05, 4.69) is 46.0 Å². The second-order valence-electron chi connectivity index (χ2n) is 15.4. The number of methoxy groups -OCH3 is 1. The molecular weight excluding hydrogens is 672 g/mol. The molecule has 52 heavy (non-hydrogen) atoms. The fourth-order valence-electron chi connectivity index (χ4n) is 6.61. The molecule has 9 heteroatoms. The minimum absolute atomic E-state index is 0.0170. The van der Waals surface area contributed by atoms with E-state index >= 15 is 0 Å². The van der Waals surface area contributed by atoms with E-state index in [-0.39, 0.29) is 41.4 Å². The van der Waals surface area contributed by atoms with Crippen LogP contribution in [-0.2, 0) is 31.7 Å². The number of nitrogens with zero attached hydrogens (tertiary/aromatic N) is 2. The van der Waals surface area contributed by atoms with Crippen LogP contribution in [0.1, 0.15) is 80.8 Å². The second kappa shape index (κ2) is 16.0. The number of aromatic nitrogens is 1. The summed E-state index contributed by atoms with van der Waals surface area (Å²) in [5.74, 6) is -1.15. The number of fused-ring (bicyclic) bond motifs is 1. The summed E-state index contributed by atoms with van der Waals surface area (Å²) in [7, 11) is -1.01. The Morgan fingerprint density at radius 1 is 0.865 bits per heavy atom. The van der Waals surface area contributed by atoms with Gasteiger partial charge in [-0.3, -0.25) is 14.4 Å². The molecule has 4 aromatic rings. The van der Waals surface area contributed by atoms with Crippen molar-refractivity contribution in [3.63, 3.8) is 0 Å². The maximum Gasteiger partial charge on any atom is 0.308 e. The number of halogens is 1. The van der Waals surface area contributed by atoms with Gasteiger partial charge in [0.2, 0.25) is 0 Å². The first kappa shape index (κ1) is 38.6. The van der Waals surface area contributed by atoms with Gasteiger partial charge in [-0.1, -0.05) is 87.5 Å². The number of hydrogen-bond acceptors (Lipinski definition) is 5. The van der Waals surface area contributed by atoms with Crippen LogP contribution in [0.2, 0.25) is 18.1 Å². The van der Waals surface area contributed by atoms with Crippen LogP contribution in [0, 0.1) is 5.82 Å². The third-order valence-electron chi connectivity index (χ3n) is 10.3. The molecule has 1 aliphatic rings. The van der Waals surface area contributed by atoms with Crippen LogP contribution in [0.3, 0.4) is 0 Å². The summed E-state index contributed by atoms with van der Waals surface area (Å²) in [6.45, 7) is 15.6. The van der Waals surface area contributed by atoms with Gasteiger partial charge in [-0.25, -0.2) is 4.39 Å². The van der Waals surface area contributed by atoms with Crippen molar-refractivity contribution in [1.29, 1.82) is 0 Å². The molecule has 1 amide bonds. The molecule has 1 aliphatic heterocycles. The van der Waals surface area contributed by atoms with E-state index in [1.54, 1.807) is 18.2 Å². The van der Waals surface area contributed by atoms with Crippen molar-refractivity contribution in [3.8, 4) is 22.3 Å². The molecule has 0 N–H and O–H groups in total. The predicted octanol–water partition coefficient (Wildman–Crippen LogP) is 9.67. The molecule has 0 fully saturated rings. The minimum Gasteiger partial charge on any atom is -0.469 e. The van der Waals surface area contributed by atoms with Gasteiger partial charge in [-0.2, -0.15) is 0 Å². The SMILES string of the molecule is COC(=O)C[C@H](CC(=O)/C=C/c1c(-c2ccc(F)cc2)c(-c2ccccc2)c(C(=O)N2CCc3ccccc3C2)n1C(C)C)O[Si](C)(C)C(C)(C)C. The van der Waals surface area contributed by atoms with Crippen LogP contribution in [0.4, 0.5) is 4.39 Å². The molecule has 1 atom stereocenters. The Bertz CT molecular complexity index is 1940. The third-order valence-corrected chi connectivity index (χ3v) is 14.9. The topological polar surface area (TPSA) is 77.8 Å². The highest BCUT2D eigenvalue weighted by Gasteiger charge is 2.40. The first-order chi connectivity index (χ1) is 24.6. The third kappa shape index (κ3) is 8.53. The zero-order chi connectivity index (χ0) is 37.8. The molecule has 1 aromatic heterocycles. The van der Waals surface area contributed by atoms with Gasteiger partial charge in [-0.05, 0) is 84.9 Å². The minimum atomic E-state index is -2.34. The fraction of sp³-hybridized carbons (Fsp3) is 0.372. The first-order valence-electron chi connectivity index (χ1n) is 18.0. The van der Waals surface area contributed by atoms with Crippen LogP contribution >= 0.6 is 0 Å². The van der Waals surface area contributed by atoms with E-state index in [4.69, 9.17) is 9.16 Å². The highest BCUT2D eigenvalue weighted by Crippen LogP contribution is 2.43. The summed E-state index contributed by atoms with van der Waals surface area (Å²) < 4.78 is 27.9. The average molecular weight is 723 g/mol. The van der Waals surface area contributed by atoms with Crippen LogP contribution < -0.4 is 0 Å². The van der Waals surface area contributed by atoms with E-state index in [1.165, 1.54) is 30.9 Å². The Kier molecular flexibility index (Phi) is 11.9. The summed E-state index contributed by atoms with van der Waals surface area (Å²) in [6.07, 6.45) is 3.31. The zero-order valence-electron chi connectivity index (χ0n) is 31.7. The molecule has 0 saturated heterocycles. The normalized spacial score (nSPS) is 14.1. The Balaban J connectivity index is 1.66. The number of hydrogen-bond donors (Lipinski definition) is 0. The Labute approximate surface area is 308 Å². The van der Waals surface area contributed by atoms with E-state index in [0.29, 0.717) is 24.5 Å². The highest BCUT2D eigenvalue weighted by molar-refractivity contribution is 6.74. The molecule has 0 radical (unpaired) electrons. The smallest absolute Gasteiger partial charge is 0.308 e. The number of allylic oxidation sites excluding steroid dienone is 1. The van der Waals surface area contributed by atoms with Crippen molar-refractivity contribution < 1.29 is 27.9 Å². The molecule has 0 bridgehead atoms. The lowest BCUT2D eigenvalue weighted by atomic mass is 9.93. The van der Waals surface area contributed by atoms with Crippen molar-refractivity contribution in [1.82, 2.24) is 9.47 Å². The van der Waals surface area contributed by atoms with Crippen molar-refractivity contribution in [2.24, 2.45) is 0 Å². The number of rotatable bonds is 12. The van der Waals surface area contributed by atoms with Crippen LogP contribution in [0.25, 0.3) is 28.3 Å². The molecule has 0 saturated carbocycles. The number of carbonyl (C=O) groups excluding carboxylic acids is 3. The van der Waals surface area contributed by atoms with Crippen LogP contribution in [-0.4, -0.2) is 55.2 Å². The molecule has 7 nitrogen and oxygen atoms in total. The van der Waals surface area contributed by atoms with Gasteiger partial charge >= 0.3 is 5.97 Å². The largest absolute Gasteiger partial charge is 0.469 e. The van der Waals surface area contributed by atoms with Crippen molar-refractivity contribution >= 4 is 32.1 Å². The van der Waals surface area contributed by atoms with Crippen LogP contribution in [0.15, 0.2) is 84.9 Å². The van der Waals surface area contributed by atoms with E-state index in [1.807, 2.05) is 65.8 Å². The number of ketones is 1. The first-order valence-corrected chi connectivity index (χ1v) is 20.9. The fourth-order valence-corrected chi connectivity index (χ4v) is 7.97. The quantitative estimate of drug-likeness (QED) is 0.0827. The number of amides is 1. The Morgan fingerprint density at radius 2 is 1.48 bits per heavy atom. The lowest BCUT2D eigenvalue weighted by molar-refractivity contribution is -0.142. The molecule has 0 aliphatic carbocycles. The van der Waals surface area contributed by atoms with E-state index in [0.717, 1.165) is 34.2 Å². The molecule has 2 heterocycles. The number of esters is 1. The van der Waals surface area contributed by atoms with Gasteiger partial charge < -0.3 is 18.6 Å². The monoisotopic (exact) mass is 722 g/mol. The summed E-state index contributed by atoms with van der Waals surface area (Å²) in [5.41, 5.74) is 6.54. The van der Waals surface area contributed by atoms with E-state index < -0.39 is 20.4 Å². The zero-order valence-corrected chi connectivity index (χ0v) is 32.7. The second-order valence-corrected chi connectivity index (χ2v) is 20.1. The molecule has 0 spiro atoms. The maximum atomic E-state index is 14.9. The standard InChI is InChI=1S/C43H51FN2O5Si/c1-29(2)46-37(23-22-35(47)26-36(27-38(48)50-6)51-52(7,8)43(3,4)5)39(32-18-20-34(44)21-19-32)40(31-15-10-9-11-16-31)41(46)42(49)45-25-24-30-14-12-13-17-33(30)28-45/h9-23,29,36H,24-28H2,1-8H3/b23-22+/t36-/m0/s1. The van der Waals surface area contributed by atoms with Gasteiger partial charge in [0.25, 0.3) is 5.91 Å². The highest BCUT2D eigenvalue weighted by atomic mass is 28.4. The predicted molar refractivity (Wildman–Crippen MR) is 208 cm³/mol. The molecule has 274 valence electrons. The van der Waals surface area contributed by atoms with Gasteiger partial charge in [0, 0.05) is 36.7 Å². The lowest BCUT2D eigenvalue weighted by Crippen LogP contribution is -2.44. The summed E-state index contributed by atoms with van der Waals surface area (Å²) >= 11 is 0. The average Bonchev–Trinajstić information content (AvgIpc) is 3.45. The molecule has 5 rings (SSSR count). The number of benzene rings is 3. The molecule has 0 unspecified atom stereocenters. The Hall–Kier alpha value is -4.60. The number of ether oxygens (including phenoxy) is 1. The maximum absolute atomic E-state index is 14.9. The lowest BCUT2D eigenvalue weighted by Gasteiger charge is -2.39. The molecular formula is C43H51FN2O5Si. The van der Waals surface area contributed by atoms with Gasteiger partial charge in [-0.15, -0.1) is 0 Å². The van der Waals surface area contributed by atoms with Crippen molar-refractivity contribution in [3.05, 3.63) is 113 Å². The summed E-state index contributed by atoms with van der Waals surface area (Å²) in [4.78, 5) is 43.0. The van der Waals surface area contributed by atoms with Gasteiger partial charge in [0.1, 0.15) is 11.5 Å². The van der Waals surface area contributed by atoms with Gasteiger partial charge in [0.05, 0.1) is 25.3 Å². The summed E-state index contributed by atoms with van der Waals surface area (Å²) in [5, 5.41) is -0.129. The number of carbonyl (C=O) groups is 3. The molecule has 3 aromatic carbocycles. The Morgan fingerprint density at radius 3 is 2.10 bits per heavy atom. The summed E-state index contributed by atoms with van der Waals surface area (Å²) in [6, 6.07) is 24.0.